The number of thiazole rings is 1. The van der Waals surface area contributed by atoms with Crippen LogP contribution >= 0.6 is 11.3 Å². The number of piperidine rings is 1. The number of rotatable bonds is 6. The van der Waals surface area contributed by atoms with Crippen molar-refractivity contribution >= 4 is 34.1 Å². The number of benzene rings is 1. The van der Waals surface area contributed by atoms with E-state index in [1.165, 1.54) is 40.3 Å². The molecule has 1 aromatic carbocycles. The number of pyridine rings is 1. The van der Waals surface area contributed by atoms with Gasteiger partial charge in [0.05, 0.1) is 54.1 Å². The molecule has 1 saturated carbocycles. The van der Waals surface area contributed by atoms with Gasteiger partial charge in [-0.1, -0.05) is 26.8 Å². The van der Waals surface area contributed by atoms with Crippen molar-refractivity contribution in [1.82, 2.24) is 29.9 Å². The van der Waals surface area contributed by atoms with Crippen LogP contribution in [0, 0.1) is 5.41 Å². The van der Waals surface area contributed by atoms with Crippen molar-refractivity contribution in [2.75, 3.05) is 33.5 Å². The minimum Gasteiger partial charge on any atom is -0.464 e. The molecule has 4 fully saturated rings. The van der Waals surface area contributed by atoms with E-state index in [-0.39, 0.29) is 30.5 Å². The topological polar surface area (TPSA) is 137 Å². The van der Waals surface area contributed by atoms with Gasteiger partial charge in [0.2, 0.25) is 0 Å². The zero-order valence-electron chi connectivity index (χ0n) is 34.8. The first-order chi connectivity index (χ1) is 27.9. The van der Waals surface area contributed by atoms with Crippen LogP contribution in [0.2, 0.25) is 0 Å². The maximum Gasteiger partial charge on any atom is 0.324 e. The lowest BCUT2D eigenvalue weighted by molar-refractivity contribution is -0.155. The summed E-state index contributed by atoms with van der Waals surface area (Å²) >= 11 is 1.53. The van der Waals surface area contributed by atoms with Crippen molar-refractivity contribution in [2.45, 2.75) is 134 Å². The largest absolute Gasteiger partial charge is 0.464 e. The van der Waals surface area contributed by atoms with Gasteiger partial charge in [-0.3, -0.25) is 24.5 Å². The highest BCUT2D eigenvalue weighted by Gasteiger charge is 2.46. The second-order valence-corrected chi connectivity index (χ2v) is 19.1. The third-order valence-electron chi connectivity index (χ3n) is 13.5. The number of aromatic nitrogens is 3. The number of carbonyl (C=O) groups is 2. The number of ether oxygens (including phenoxy) is 3. The van der Waals surface area contributed by atoms with Crippen molar-refractivity contribution in [3.8, 4) is 22.5 Å². The van der Waals surface area contributed by atoms with Crippen LogP contribution in [0.15, 0.2) is 35.8 Å². The molecule has 7 heterocycles. The number of hydrogen-bond acceptors (Lipinski definition) is 11. The molecule has 4 aromatic rings. The molecular weight excluding hydrogens is 751 g/mol. The van der Waals surface area contributed by atoms with Gasteiger partial charge in [-0.05, 0) is 94.0 Å². The van der Waals surface area contributed by atoms with Crippen molar-refractivity contribution in [3.63, 3.8) is 0 Å². The van der Waals surface area contributed by atoms with Gasteiger partial charge in [0.25, 0.3) is 5.91 Å². The van der Waals surface area contributed by atoms with E-state index < -0.39 is 17.5 Å². The fourth-order valence-electron chi connectivity index (χ4n) is 10.1. The molecule has 5 aliphatic rings. The van der Waals surface area contributed by atoms with Crippen LogP contribution in [0.1, 0.15) is 113 Å². The highest BCUT2D eigenvalue weighted by atomic mass is 32.1. The summed E-state index contributed by atoms with van der Waals surface area (Å²) < 4.78 is 20.7. The number of hydrazine groups is 1. The van der Waals surface area contributed by atoms with Crippen LogP contribution in [0.5, 0.6) is 0 Å². The Hall–Kier alpha value is -3.72. The van der Waals surface area contributed by atoms with Crippen molar-refractivity contribution in [3.05, 3.63) is 57.7 Å². The van der Waals surface area contributed by atoms with Crippen LogP contribution in [0.3, 0.4) is 0 Å². The molecule has 12 nitrogen and oxygen atoms in total. The fraction of sp³-hybridized carbons (Fsp3) is 0.600. The van der Waals surface area contributed by atoms with Crippen molar-refractivity contribution < 1.29 is 23.8 Å². The third kappa shape index (κ3) is 7.29. The minimum atomic E-state index is -0.818. The molecule has 1 aliphatic carbocycles. The van der Waals surface area contributed by atoms with E-state index in [1.807, 2.05) is 6.92 Å². The molecule has 58 heavy (non-hydrogen) atoms. The number of carbonyl (C=O) groups excluding carboxylic acids is 2. The summed E-state index contributed by atoms with van der Waals surface area (Å²) in [5.74, 6) is -0.532. The number of nitrogens with zero attached hydrogens (tertiary/aromatic N) is 5. The van der Waals surface area contributed by atoms with Crippen LogP contribution in [0.25, 0.3) is 33.4 Å². The lowest BCUT2D eigenvalue weighted by atomic mass is 9.80. The molecule has 3 saturated heterocycles. The van der Waals surface area contributed by atoms with Crippen LogP contribution in [0.4, 0.5) is 0 Å². The van der Waals surface area contributed by atoms with Gasteiger partial charge in [-0.25, -0.2) is 10.4 Å². The minimum absolute atomic E-state index is 0.214. The Morgan fingerprint density at radius 1 is 1.10 bits per heavy atom. The van der Waals surface area contributed by atoms with Gasteiger partial charge in [-0.15, -0.1) is 11.3 Å². The molecule has 7 atom stereocenters. The molecule has 0 radical (unpaired) electrons. The highest BCUT2D eigenvalue weighted by Crippen LogP contribution is 2.46. The quantitative estimate of drug-likeness (QED) is 0.202. The summed E-state index contributed by atoms with van der Waals surface area (Å²) in [4.78, 5) is 40.4. The first kappa shape index (κ1) is 39.7. The monoisotopic (exact) mass is 809 g/mol. The first-order valence-electron chi connectivity index (χ1n) is 21.4. The molecule has 1 amide bonds. The lowest BCUT2D eigenvalue weighted by Crippen LogP contribution is -2.59. The molecule has 9 rings (SSSR count). The predicted molar refractivity (Wildman–Crippen MR) is 225 cm³/mol. The van der Waals surface area contributed by atoms with E-state index in [4.69, 9.17) is 29.9 Å². The Morgan fingerprint density at radius 2 is 1.88 bits per heavy atom. The van der Waals surface area contributed by atoms with Gasteiger partial charge < -0.3 is 24.5 Å². The van der Waals surface area contributed by atoms with Gasteiger partial charge in [0, 0.05) is 83.3 Å². The average Bonchev–Trinajstić information content (AvgIpc) is 3.88. The Kier molecular flexibility index (Phi) is 10.8. The Bertz CT molecular complexity index is 2180. The number of morpholine rings is 1. The summed E-state index contributed by atoms with van der Waals surface area (Å²) in [5.41, 5.74) is 17.9. The summed E-state index contributed by atoms with van der Waals surface area (Å²) in [7, 11) is 1.75. The summed E-state index contributed by atoms with van der Waals surface area (Å²) in [6, 6.07) is 9.22. The second kappa shape index (κ2) is 15.7. The number of cyclic esters (lactones) is 1. The predicted octanol–water partition coefficient (Wildman–Crippen LogP) is 6.72. The molecule has 3 aromatic heterocycles. The van der Waals surface area contributed by atoms with E-state index in [1.54, 1.807) is 7.11 Å². The molecular formula is C45H59N7O5S. The number of fused-ring (bicyclic) bond motifs is 8. The van der Waals surface area contributed by atoms with E-state index in [2.05, 4.69) is 78.4 Å². The van der Waals surface area contributed by atoms with Crippen molar-refractivity contribution in [2.24, 2.45) is 11.1 Å². The van der Waals surface area contributed by atoms with Gasteiger partial charge in [-0.2, -0.15) is 0 Å². The zero-order chi connectivity index (χ0) is 40.5. The van der Waals surface area contributed by atoms with Crippen LogP contribution in [-0.4, -0.2) is 100 Å². The molecule has 1 unspecified atom stereocenters. The van der Waals surface area contributed by atoms with Gasteiger partial charge in [0.1, 0.15) is 6.04 Å². The van der Waals surface area contributed by atoms with Crippen LogP contribution in [-0.2, 0) is 36.8 Å². The molecule has 4 aliphatic heterocycles. The van der Waals surface area contributed by atoms with E-state index in [0.717, 1.165) is 82.8 Å². The maximum absolute atomic E-state index is 13.7. The second-order valence-electron chi connectivity index (χ2n) is 18.2. The molecule has 0 spiro atoms. The number of hydrogen-bond donors (Lipinski definition) is 2. The Balaban J connectivity index is 1.18. The lowest BCUT2D eigenvalue weighted by Gasteiger charge is -2.49. The summed E-state index contributed by atoms with van der Waals surface area (Å²) in [5, 5.41) is 5.52. The zero-order valence-corrected chi connectivity index (χ0v) is 35.6. The Morgan fingerprint density at radius 3 is 2.60 bits per heavy atom. The van der Waals surface area contributed by atoms with Gasteiger partial charge in [0.15, 0.2) is 0 Å². The number of nitrogens with two attached hydrogens (primary N) is 1. The Labute approximate surface area is 345 Å². The number of esters is 1. The number of methoxy groups -OCH3 is 1. The SMILES string of the molecule is CCn1c(-c2cc(C3C[C@H]4COC[C@@H](C3)N4C3CC3)cnc2[C@H](C)OC)c2c3cc(ccc31)-c1csc(n1)[C@@H](C)[C@H](N)C(=O)N1CCC[C@H](N1)C(=O)OCC(C)(C)C2. The molecule has 8 bridgehead atoms. The summed E-state index contributed by atoms with van der Waals surface area (Å²) in [6.07, 6.45) is 8.53. The first-order valence-corrected chi connectivity index (χ1v) is 22.3. The number of nitrogens with one attached hydrogen (secondary N) is 1. The number of amides is 1. The third-order valence-corrected chi connectivity index (χ3v) is 14.5. The van der Waals surface area contributed by atoms with E-state index in [0.29, 0.717) is 43.8 Å². The van der Waals surface area contributed by atoms with E-state index in [9.17, 15) is 9.59 Å². The number of aryl methyl sites for hydroxylation is 1. The van der Waals surface area contributed by atoms with E-state index >= 15 is 0 Å². The average molecular weight is 810 g/mol. The van der Waals surface area contributed by atoms with Crippen LogP contribution < -0.4 is 11.2 Å². The molecule has 310 valence electrons. The van der Waals surface area contributed by atoms with Crippen molar-refractivity contribution in [1.29, 1.82) is 0 Å². The standard InChI is InChI=1S/C45H59N7O5S/c1-7-50-38-13-10-27-17-33(38)35(19-45(4,5)24-57-44(54)36-9-8-14-51(49-36)43(53)39(46)25(2)42-48-37(27)23-58-42)41(50)34-18-29(20-47-40(34)26(3)55-6)28-15-31-21-56-22-32(16-28)52(31)30-11-12-30/h10,13,17-18,20,23,25-26,28,30-32,36,39,49H,7-9,11-12,14-16,19,21-22,24,46H2,1-6H3/t25-,26-,28?,31-,32+,36-,39-/m0/s1. The maximum atomic E-state index is 13.7. The fourth-order valence-corrected chi connectivity index (χ4v) is 11.0. The smallest absolute Gasteiger partial charge is 0.324 e. The molecule has 3 N–H and O–H groups in total. The van der Waals surface area contributed by atoms with Gasteiger partial charge >= 0.3 is 5.97 Å². The highest BCUT2D eigenvalue weighted by molar-refractivity contribution is 7.10. The summed E-state index contributed by atoms with van der Waals surface area (Å²) in [6.45, 7) is 13.6. The normalized spacial score (nSPS) is 28.6. The molecule has 13 heteroatoms.